The molecule has 3 rings (SSSR count). The van der Waals surface area contributed by atoms with E-state index in [0.29, 0.717) is 19.9 Å². The highest BCUT2D eigenvalue weighted by Crippen LogP contribution is 2.31. The van der Waals surface area contributed by atoms with Gasteiger partial charge in [-0.1, -0.05) is 23.2 Å². The summed E-state index contributed by atoms with van der Waals surface area (Å²) in [5.41, 5.74) is 2.32. The fourth-order valence-electron chi connectivity index (χ4n) is 2.28. The number of halogens is 2. The average Bonchev–Trinajstić information content (AvgIpc) is 2.92. The van der Waals surface area contributed by atoms with Crippen LogP contribution in [0.5, 0.6) is 0 Å². The Morgan fingerprint density at radius 2 is 1.82 bits per heavy atom. The summed E-state index contributed by atoms with van der Waals surface area (Å²) in [5.74, 6) is -0.339. The standard InChI is InChI=1S/C14H11Cl2N3O2S/c1-18-9-4-3-7(5-10(9)19(2)14(18)21)17-13(20)8-6-11(15)22-12(8)16/h3-6H,1-2H3,(H,17,20). The van der Waals surface area contributed by atoms with E-state index < -0.39 is 0 Å². The number of aromatic nitrogens is 2. The zero-order valence-corrected chi connectivity index (χ0v) is 14.0. The average molecular weight is 356 g/mol. The highest BCUT2D eigenvalue weighted by atomic mass is 35.5. The van der Waals surface area contributed by atoms with Crippen molar-refractivity contribution in [1.82, 2.24) is 9.13 Å². The first-order valence-corrected chi connectivity index (χ1v) is 7.87. The van der Waals surface area contributed by atoms with Crippen LogP contribution >= 0.6 is 34.5 Å². The maximum absolute atomic E-state index is 12.2. The number of benzene rings is 1. The van der Waals surface area contributed by atoms with Crippen LogP contribution in [0.25, 0.3) is 11.0 Å². The molecule has 0 aliphatic heterocycles. The summed E-state index contributed by atoms with van der Waals surface area (Å²) < 4.78 is 3.88. The summed E-state index contributed by atoms with van der Waals surface area (Å²) in [6.45, 7) is 0. The van der Waals surface area contributed by atoms with Crippen molar-refractivity contribution in [2.24, 2.45) is 14.1 Å². The molecule has 0 unspecified atom stereocenters. The lowest BCUT2D eigenvalue weighted by Gasteiger charge is -2.05. The lowest BCUT2D eigenvalue weighted by Crippen LogP contribution is -2.19. The number of anilines is 1. The summed E-state index contributed by atoms with van der Waals surface area (Å²) in [5, 5.41) is 2.76. The first-order valence-electron chi connectivity index (χ1n) is 6.30. The van der Waals surface area contributed by atoms with E-state index in [1.165, 1.54) is 10.6 Å². The van der Waals surface area contributed by atoms with Crippen LogP contribution < -0.4 is 11.0 Å². The van der Waals surface area contributed by atoms with Crippen LogP contribution in [0, 0.1) is 0 Å². The minimum atomic E-state index is -0.339. The second-order valence-corrected chi connectivity index (χ2v) is 7.08. The number of hydrogen-bond donors (Lipinski definition) is 1. The molecule has 0 bridgehead atoms. The van der Waals surface area contributed by atoms with Crippen LogP contribution in [0.15, 0.2) is 29.1 Å². The van der Waals surface area contributed by atoms with E-state index in [2.05, 4.69) is 5.32 Å². The van der Waals surface area contributed by atoms with Gasteiger partial charge in [-0.25, -0.2) is 4.79 Å². The van der Waals surface area contributed by atoms with E-state index >= 15 is 0 Å². The molecule has 5 nitrogen and oxygen atoms in total. The van der Waals surface area contributed by atoms with Crippen LogP contribution in [0.2, 0.25) is 8.67 Å². The largest absolute Gasteiger partial charge is 0.328 e. The Labute approximate surface area is 139 Å². The van der Waals surface area contributed by atoms with Crippen molar-refractivity contribution < 1.29 is 4.79 Å². The third-order valence-electron chi connectivity index (χ3n) is 3.43. The smallest absolute Gasteiger partial charge is 0.322 e. The van der Waals surface area contributed by atoms with Gasteiger partial charge in [-0.15, -0.1) is 11.3 Å². The fraction of sp³-hybridized carbons (Fsp3) is 0.143. The van der Waals surface area contributed by atoms with E-state index in [1.54, 1.807) is 36.9 Å². The number of amides is 1. The minimum Gasteiger partial charge on any atom is -0.322 e. The number of nitrogens with zero attached hydrogens (tertiary/aromatic N) is 2. The number of hydrogen-bond acceptors (Lipinski definition) is 3. The third kappa shape index (κ3) is 2.43. The number of aryl methyl sites for hydroxylation is 2. The predicted octanol–water partition coefficient (Wildman–Crippen LogP) is 3.50. The van der Waals surface area contributed by atoms with Gasteiger partial charge in [0, 0.05) is 19.8 Å². The fourth-order valence-corrected chi connectivity index (χ4v) is 3.74. The van der Waals surface area contributed by atoms with E-state index in [9.17, 15) is 9.59 Å². The Balaban J connectivity index is 1.98. The SMILES string of the molecule is Cn1c(=O)n(C)c2cc(NC(=O)c3cc(Cl)sc3Cl)ccc21. The Morgan fingerprint density at radius 1 is 1.14 bits per heavy atom. The molecule has 0 atom stereocenters. The molecule has 22 heavy (non-hydrogen) atoms. The molecule has 3 aromatic rings. The Bertz CT molecular complexity index is 955. The third-order valence-corrected chi connectivity index (χ3v) is 4.92. The Hall–Kier alpha value is -1.76. The van der Waals surface area contributed by atoms with Crippen molar-refractivity contribution in [1.29, 1.82) is 0 Å². The maximum Gasteiger partial charge on any atom is 0.328 e. The van der Waals surface area contributed by atoms with Crippen LogP contribution in [0.4, 0.5) is 5.69 Å². The molecule has 0 aliphatic rings. The van der Waals surface area contributed by atoms with Crippen molar-refractivity contribution in [3.8, 4) is 0 Å². The van der Waals surface area contributed by atoms with Gasteiger partial charge in [0.25, 0.3) is 5.91 Å². The van der Waals surface area contributed by atoms with Crippen molar-refractivity contribution in [3.63, 3.8) is 0 Å². The molecule has 0 fully saturated rings. The van der Waals surface area contributed by atoms with Gasteiger partial charge in [-0.3, -0.25) is 13.9 Å². The molecule has 2 heterocycles. The zero-order valence-electron chi connectivity index (χ0n) is 11.7. The Kier molecular flexibility index (Phi) is 3.76. The quantitative estimate of drug-likeness (QED) is 0.764. The van der Waals surface area contributed by atoms with E-state index in [0.717, 1.165) is 22.4 Å². The van der Waals surface area contributed by atoms with Gasteiger partial charge in [0.05, 0.1) is 20.9 Å². The zero-order chi connectivity index (χ0) is 16.0. The van der Waals surface area contributed by atoms with E-state index in [4.69, 9.17) is 23.2 Å². The first kappa shape index (κ1) is 15.1. The van der Waals surface area contributed by atoms with Gasteiger partial charge >= 0.3 is 5.69 Å². The molecule has 1 aromatic carbocycles. The molecule has 0 spiro atoms. The van der Waals surface area contributed by atoms with Crippen molar-refractivity contribution >= 4 is 57.2 Å². The molecular weight excluding hydrogens is 345 g/mol. The highest BCUT2D eigenvalue weighted by molar-refractivity contribution is 7.20. The summed E-state index contributed by atoms with van der Waals surface area (Å²) in [6.07, 6.45) is 0. The number of nitrogens with one attached hydrogen (secondary N) is 1. The summed E-state index contributed by atoms with van der Waals surface area (Å²) in [4.78, 5) is 24.1. The molecule has 0 radical (unpaired) electrons. The number of carbonyl (C=O) groups excluding carboxylic acids is 1. The first-order chi connectivity index (χ1) is 10.4. The van der Waals surface area contributed by atoms with Gasteiger partial charge in [0.1, 0.15) is 4.34 Å². The lowest BCUT2D eigenvalue weighted by molar-refractivity contribution is 0.102. The molecule has 8 heteroatoms. The minimum absolute atomic E-state index is 0.119. The predicted molar refractivity (Wildman–Crippen MR) is 90.5 cm³/mol. The van der Waals surface area contributed by atoms with Gasteiger partial charge in [-0.05, 0) is 24.3 Å². The molecule has 0 saturated carbocycles. The van der Waals surface area contributed by atoms with Crippen LogP contribution in [-0.4, -0.2) is 15.0 Å². The summed E-state index contributed by atoms with van der Waals surface area (Å²) in [7, 11) is 3.39. The van der Waals surface area contributed by atoms with Crippen molar-refractivity contribution in [2.75, 3.05) is 5.32 Å². The maximum atomic E-state index is 12.2. The van der Waals surface area contributed by atoms with Crippen LogP contribution in [0.3, 0.4) is 0 Å². The topological polar surface area (TPSA) is 56.0 Å². The van der Waals surface area contributed by atoms with Gasteiger partial charge in [-0.2, -0.15) is 0 Å². The molecule has 114 valence electrons. The number of imidazole rings is 1. The second-order valence-electron chi connectivity index (χ2n) is 4.80. The van der Waals surface area contributed by atoms with E-state index in [1.807, 2.05) is 0 Å². The van der Waals surface area contributed by atoms with Gasteiger partial charge < -0.3 is 5.32 Å². The monoisotopic (exact) mass is 355 g/mol. The normalized spacial score (nSPS) is 11.1. The van der Waals surface area contributed by atoms with Gasteiger partial charge in [0.15, 0.2) is 0 Å². The number of rotatable bonds is 2. The number of fused-ring (bicyclic) bond motifs is 1. The summed E-state index contributed by atoms with van der Waals surface area (Å²) in [6, 6.07) is 6.80. The molecule has 2 aromatic heterocycles. The summed E-state index contributed by atoms with van der Waals surface area (Å²) >= 11 is 13.0. The molecular formula is C14H11Cl2N3O2S. The van der Waals surface area contributed by atoms with Crippen LogP contribution in [-0.2, 0) is 14.1 Å². The molecule has 1 N–H and O–H groups in total. The van der Waals surface area contributed by atoms with E-state index in [-0.39, 0.29) is 11.6 Å². The molecule has 1 amide bonds. The van der Waals surface area contributed by atoms with Gasteiger partial charge in [0.2, 0.25) is 0 Å². The molecule has 0 saturated heterocycles. The molecule has 0 aliphatic carbocycles. The number of thiophene rings is 1. The highest BCUT2D eigenvalue weighted by Gasteiger charge is 2.15. The second kappa shape index (κ2) is 5.46. The number of carbonyl (C=O) groups is 1. The van der Waals surface area contributed by atoms with Crippen molar-refractivity contribution in [3.05, 3.63) is 49.0 Å². The lowest BCUT2D eigenvalue weighted by atomic mass is 10.2. The Morgan fingerprint density at radius 3 is 2.45 bits per heavy atom. The van der Waals surface area contributed by atoms with Crippen molar-refractivity contribution in [2.45, 2.75) is 0 Å². The van der Waals surface area contributed by atoms with Crippen LogP contribution in [0.1, 0.15) is 10.4 Å².